The number of nitrogens with two attached hydrogens (primary N) is 1. The van der Waals surface area contributed by atoms with Gasteiger partial charge < -0.3 is 5.73 Å². The molecule has 18 heavy (non-hydrogen) atoms. The van der Waals surface area contributed by atoms with Crippen LogP contribution in [0.5, 0.6) is 0 Å². The molecule has 1 aromatic heterocycles. The van der Waals surface area contributed by atoms with Crippen LogP contribution in [0.1, 0.15) is 36.6 Å². The summed E-state index contributed by atoms with van der Waals surface area (Å²) >= 11 is 1.28. The van der Waals surface area contributed by atoms with Gasteiger partial charge in [0.1, 0.15) is 4.21 Å². The first kappa shape index (κ1) is 15.6. The molecule has 0 atom stereocenters. The molecule has 0 saturated carbocycles. The van der Waals surface area contributed by atoms with Crippen molar-refractivity contribution in [1.29, 1.82) is 0 Å². The third-order valence-corrected chi connectivity index (χ3v) is 6.49. The van der Waals surface area contributed by atoms with Gasteiger partial charge in [-0.2, -0.15) is 0 Å². The van der Waals surface area contributed by atoms with Gasteiger partial charge in [0.05, 0.1) is 0 Å². The van der Waals surface area contributed by atoms with E-state index in [1.165, 1.54) is 15.6 Å². The van der Waals surface area contributed by atoms with Crippen LogP contribution < -0.4 is 5.73 Å². The highest BCUT2D eigenvalue weighted by atomic mass is 32.2. The molecule has 0 aliphatic rings. The van der Waals surface area contributed by atoms with Crippen LogP contribution in [0.3, 0.4) is 0 Å². The van der Waals surface area contributed by atoms with Crippen LogP contribution >= 0.6 is 11.3 Å². The number of rotatable bonds is 7. The van der Waals surface area contributed by atoms with Crippen molar-refractivity contribution in [2.45, 2.75) is 43.9 Å². The number of sulfonamides is 1. The normalized spacial score (nSPS) is 12.3. The molecule has 2 N–H and O–H groups in total. The Morgan fingerprint density at radius 3 is 2.56 bits per heavy atom. The van der Waals surface area contributed by atoms with E-state index in [2.05, 4.69) is 6.92 Å². The molecule has 0 radical (unpaired) electrons. The molecule has 0 fully saturated rings. The van der Waals surface area contributed by atoms with E-state index in [1.807, 2.05) is 6.92 Å². The van der Waals surface area contributed by atoms with Gasteiger partial charge in [0, 0.05) is 25.0 Å². The summed E-state index contributed by atoms with van der Waals surface area (Å²) in [5.41, 5.74) is 6.54. The van der Waals surface area contributed by atoms with Gasteiger partial charge in [-0.3, -0.25) is 0 Å². The highest BCUT2D eigenvalue weighted by Gasteiger charge is 2.23. The topological polar surface area (TPSA) is 63.4 Å². The second-order valence-electron chi connectivity index (χ2n) is 4.41. The zero-order valence-corrected chi connectivity index (χ0v) is 12.9. The average molecular weight is 290 g/mol. The highest BCUT2D eigenvalue weighted by molar-refractivity contribution is 7.91. The van der Waals surface area contributed by atoms with E-state index < -0.39 is 10.0 Å². The second-order valence-corrected chi connectivity index (χ2v) is 7.82. The molecule has 6 heteroatoms. The van der Waals surface area contributed by atoms with Crippen LogP contribution in [0.4, 0.5) is 0 Å². The van der Waals surface area contributed by atoms with Gasteiger partial charge in [-0.15, -0.1) is 11.3 Å². The molecule has 1 heterocycles. The predicted molar refractivity (Wildman–Crippen MR) is 76.3 cm³/mol. The fourth-order valence-electron chi connectivity index (χ4n) is 1.68. The lowest BCUT2D eigenvalue weighted by atomic mass is 10.2. The summed E-state index contributed by atoms with van der Waals surface area (Å²) in [7, 11) is -1.69. The Morgan fingerprint density at radius 1 is 1.39 bits per heavy atom. The van der Waals surface area contributed by atoms with E-state index >= 15 is 0 Å². The molecule has 1 aromatic rings. The SMILES string of the molecule is CCCCCN(C)S(=O)(=O)c1cc(C)c(CN)s1. The van der Waals surface area contributed by atoms with E-state index in [9.17, 15) is 8.42 Å². The third-order valence-electron chi connectivity index (χ3n) is 2.92. The first-order valence-electron chi connectivity index (χ1n) is 6.19. The van der Waals surface area contributed by atoms with E-state index in [0.29, 0.717) is 17.3 Å². The maximum atomic E-state index is 12.3. The Bertz CT molecular complexity index is 480. The molecule has 0 unspecified atom stereocenters. The number of thiophene rings is 1. The second kappa shape index (κ2) is 6.65. The summed E-state index contributed by atoms with van der Waals surface area (Å²) in [6.07, 6.45) is 3.04. The fraction of sp³-hybridized carbons (Fsp3) is 0.667. The van der Waals surface area contributed by atoms with Gasteiger partial charge in [-0.25, -0.2) is 12.7 Å². The lowest BCUT2D eigenvalue weighted by Gasteiger charge is -2.15. The molecule has 104 valence electrons. The lowest BCUT2D eigenvalue weighted by molar-refractivity contribution is 0.455. The van der Waals surface area contributed by atoms with Gasteiger partial charge in [0.15, 0.2) is 0 Å². The quantitative estimate of drug-likeness (QED) is 0.784. The van der Waals surface area contributed by atoms with Crippen LogP contribution in [-0.2, 0) is 16.6 Å². The molecule has 1 rings (SSSR count). The molecule has 0 bridgehead atoms. The standard InChI is InChI=1S/C12H22N2O2S2/c1-4-5-6-7-14(3)18(15,16)12-8-10(2)11(9-13)17-12/h8H,4-7,9,13H2,1-3H3. The first-order valence-corrected chi connectivity index (χ1v) is 8.44. The number of unbranched alkanes of at least 4 members (excludes halogenated alkanes) is 2. The number of hydrogen-bond acceptors (Lipinski definition) is 4. The van der Waals surface area contributed by atoms with Crippen molar-refractivity contribution in [1.82, 2.24) is 4.31 Å². The monoisotopic (exact) mass is 290 g/mol. The van der Waals surface area contributed by atoms with Crippen molar-refractivity contribution >= 4 is 21.4 Å². The molecule has 0 saturated heterocycles. The molecule has 0 aromatic carbocycles. The average Bonchev–Trinajstić information content (AvgIpc) is 2.71. The molecule has 4 nitrogen and oxygen atoms in total. The molecular weight excluding hydrogens is 268 g/mol. The van der Waals surface area contributed by atoms with Crippen LogP contribution in [0.25, 0.3) is 0 Å². The molecule has 0 aliphatic heterocycles. The minimum absolute atomic E-state index is 0.394. The van der Waals surface area contributed by atoms with Crippen molar-refractivity contribution in [3.8, 4) is 0 Å². The van der Waals surface area contributed by atoms with Crippen LogP contribution in [0.2, 0.25) is 0 Å². The first-order chi connectivity index (χ1) is 8.43. The zero-order valence-electron chi connectivity index (χ0n) is 11.3. The van der Waals surface area contributed by atoms with E-state index in [1.54, 1.807) is 13.1 Å². The minimum Gasteiger partial charge on any atom is -0.326 e. The third kappa shape index (κ3) is 3.54. The molecular formula is C12H22N2O2S2. The van der Waals surface area contributed by atoms with Gasteiger partial charge in [0.2, 0.25) is 0 Å². The summed E-state index contributed by atoms with van der Waals surface area (Å²) in [5.74, 6) is 0. The maximum absolute atomic E-state index is 12.3. The van der Waals surface area contributed by atoms with Crippen molar-refractivity contribution in [2.24, 2.45) is 5.73 Å². The van der Waals surface area contributed by atoms with Crippen LogP contribution in [-0.4, -0.2) is 26.3 Å². The summed E-state index contributed by atoms with van der Waals surface area (Å²) in [4.78, 5) is 0.940. The maximum Gasteiger partial charge on any atom is 0.252 e. The van der Waals surface area contributed by atoms with E-state index in [4.69, 9.17) is 5.73 Å². The van der Waals surface area contributed by atoms with Crippen molar-refractivity contribution in [2.75, 3.05) is 13.6 Å². The van der Waals surface area contributed by atoms with Gasteiger partial charge in [0.25, 0.3) is 10.0 Å². The van der Waals surface area contributed by atoms with Crippen molar-refractivity contribution in [3.05, 3.63) is 16.5 Å². The van der Waals surface area contributed by atoms with E-state index in [-0.39, 0.29) is 0 Å². The van der Waals surface area contributed by atoms with Gasteiger partial charge >= 0.3 is 0 Å². The zero-order chi connectivity index (χ0) is 13.8. The van der Waals surface area contributed by atoms with Crippen LogP contribution in [0.15, 0.2) is 10.3 Å². The van der Waals surface area contributed by atoms with Crippen molar-refractivity contribution < 1.29 is 8.42 Å². The lowest BCUT2D eigenvalue weighted by Crippen LogP contribution is -2.27. The van der Waals surface area contributed by atoms with Crippen LogP contribution in [0, 0.1) is 6.92 Å². The Labute approximate surface area is 114 Å². The van der Waals surface area contributed by atoms with Gasteiger partial charge in [-0.1, -0.05) is 19.8 Å². The molecule has 0 spiro atoms. The Balaban J connectivity index is 2.84. The van der Waals surface area contributed by atoms with E-state index in [0.717, 1.165) is 29.7 Å². The number of aryl methyl sites for hydroxylation is 1. The Kier molecular flexibility index (Phi) is 5.78. The smallest absolute Gasteiger partial charge is 0.252 e. The highest BCUT2D eigenvalue weighted by Crippen LogP contribution is 2.27. The summed E-state index contributed by atoms with van der Waals surface area (Å²) in [5, 5.41) is 0. The Hall–Kier alpha value is -0.430. The molecule has 0 amide bonds. The number of hydrogen-bond donors (Lipinski definition) is 1. The Morgan fingerprint density at radius 2 is 2.06 bits per heavy atom. The molecule has 0 aliphatic carbocycles. The predicted octanol–water partition coefficient (Wildman–Crippen LogP) is 2.33. The summed E-state index contributed by atoms with van der Waals surface area (Å²) in [6.45, 7) is 4.97. The summed E-state index contributed by atoms with van der Waals surface area (Å²) in [6, 6.07) is 1.72. The fourth-order valence-corrected chi connectivity index (χ4v) is 4.57. The minimum atomic E-state index is -3.33. The van der Waals surface area contributed by atoms with Crippen molar-refractivity contribution in [3.63, 3.8) is 0 Å². The summed E-state index contributed by atoms with van der Waals surface area (Å²) < 4.78 is 26.4. The largest absolute Gasteiger partial charge is 0.326 e. The van der Waals surface area contributed by atoms with Gasteiger partial charge in [-0.05, 0) is 25.0 Å². The number of nitrogens with zero attached hydrogens (tertiary/aromatic N) is 1.